The molecule has 1 fully saturated rings. The molecule has 1 saturated heterocycles. The first-order valence-corrected chi connectivity index (χ1v) is 7.12. The molecule has 2 rings (SSSR count). The third-order valence-corrected chi connectivity index (χ3v) is 4.29. The first-order chi connectivity index (χ1) is 8.06. The van der Waals surface area contributed by atoms with Crippen molar-refractivity contribution in [1.29, 1.82) is 0 Å². The van der Waals surface area contributed by atoms with Crippen molar-refractivity contribution in [3.05, 3.63) is 28.2 Å². The van der Waals surface area contributed by atoms with Gasteiger partial charge in [-0.15, -0.1) is 0 Å². The first-order valence-electron chi connectivity index (χ1n) is 6.33. The van der Waals surface area contributed by atoms with Gasteiger partial charge >= 0.3 is 0 Å². The lowest BCUT2D eigenvalue weighted by Crippen LogP contribution is -2.37. The highest BCUT2D eigenvalue weighted by molar-refractivity contribution is 9.10. The summed E-state index contributed by atoms with van der Waals surface area (Å²) in [7, 11) is 0. The monoisotopic (exact) mass is 296 g/mol. The number of nitrogens with zero attached hydrogens (tertiary/aromatic N) is 1. The van der Waals surface area contributed by atoms with E-state index in [2.05, 4.69) is 65.1 Å². The van der Waals surface area contributed by atoms with Gasteiger partial charge in [0.05, 0.1) is 0 Å². The molecule has 0 bridgehead atoms. The smallest absolute Gasteiger partial charge is 0.0370 e. The van der Waals surface area contributed by atoms with E-state index in [0.29, 0.717) is 12.1 Å². The van der Waals surface area contributed by atoms with Crippen LogP contribution >= 0.6 is 15.9 Å². The molecule has 0 spiro atoms. The van der Waals surface area contributed by atoms with Crippen molar-refractivity contribution < 1.29 is 0 Å². The Morgan fingerprint density at radius 2 is 2.06 bits per heavy atom. The van der Waals surface area contributed by atoms with E-state index in [9.17, 15) is 0 Å². The fourth-order valence-corrected chi connectivity index (χ4v) is 2.70. The Labute approximate surface area is 113 Å². The van der Waals surface area contributed by atoms with Gasteiger partial charge in [-0.3, -0.25) is 0 Å². The molecular formula is C14H21BrN2. The Kier molecular flexibility index (Phi) is 4.10. The summed E-state index contributed by atoms with van der Waals surface area (Å²) < 4.78 is 1.19. The summed E-state index contributed by atoms with van der Waals surface area (Å²) in [6.45, 7) is 8.91. The van der Waals surface area contributed by atoms with Crippen molar-refractivity contribution in [1.82, 2.24) is 5.32 Å². The Bertz CT molecular complexity index is 392. The molecule has 1 aromatic rings. The van der Waals surface area contributed by atoms with Gasteiger partial charge in [0.2, 0.25) is 0 Å². The highest BCUT2D eigenvalue weighted by atomic mass is 79.9. The molecule has 2 nitrogen and oxygen atoms in total. The zero-order chi connectivity index (χ0) is 12.4. The number of halogens is 1. The molecule has 1 aliphatic rings. The third-order valence-electron chi connectivity index (χ3n) is 3.40. The van der Waals surface area contributed by atoms with Crippen LogP contribution in [-0.4, -0.2) is 25.2 Å². The van der Waals surface area contributed by atoms with E-state index in [-0.39, 0.29) is 0 Å². The molecule has 17 heavy (non-hydrogen) atoms. The van der Waals surface area contributed by atoms with E-state index in [1.807, 2.05) is 0 Å². The van der Waals surface area contributed by atoms with Gasteiger partial charge in [-0.1, -0.05) is 15.9 Å². The molecule has 2 unspecified atom stereocenters. The molecule has 2 atom stereocenters. The van der Waals surface area contributed by atoms with Crippen LogP contribution in [-0.2, 0) is 0 Å². The summed E-state index contributed by atoms with van der Waals surface area (Å²) in [6.07, 6.45) is 1.21. The van der Waals surface area contributed by atoms with Crippen molar-refractivity contribution in [2.45, 2.75) is 39.3 Å². The van der Waals surface area contributed by atoms with Crippen LogP contribution in [0.1, 0.15) is 25.8 Å². The van der Waals surface area contributed by atoms with Crippen LogP contribution in [0.25, 0.3) is 0 Å². The quantitative estimate of drug-likeness (QED) is 0.855. The number of rotatable bonds is 1. The summed E-state index contributed by atoms with van der Waals surface area (Å²) in [4.78, 5) is 2.49. The SMILES string of the molecule is Cc1cc(N2CCC(C)NC(C)C2)ccc1Br. The molecule has 0 saturated carbocycles. The molecule has 94 valence electrons. The third kappa shape index (κ3) is 3.23. The number of aryl methyl sites for hydroxylation is 1. The largest absolute Gasteiger partial charge is 0.370 e. The van der Waals surface area contributed by atoms with Crippen molar-refractivity contribution in [3.63, 3.8) is 0 Å². The maximum Gasteiger partial charge on any atom is 0.0370 e. The molecule has 3 heteroatoms. The minimum absolute atomic E-state index is 0.552. The topological polar surface area (TPSA) is 15.3 Å². The van der Waals surface area contributed by atoms with E-state index in [1.165, 1.54) is 22.1 Å². The maximum absolute atomic E-state index is 3.62. The molecule has 1 aliphatic heterocycles. The van der Waals surface area contributed by atoms with E-state index in [4.69, 9.17) is 0 Å². The van der Waals surface area contributed by atoms with Crippen molar-refractivity contribution in [2.75, 3.05) is 18.0 Å². The van der Waals surface area contributed by atoms with Gasteiger partial charge in [-0.25, -0.2) is 0 Å². The summed E-state index contributed by atoms with van der Waals surface area (Å²) in [5.41, 5.74) is 2.65. The summed E-state index contributed by atoms with van der Waals surface area (Å²) in [5, 5.41) is 3.62. The lowest BCUT2D eigenvalue weighted by Gasteiger charge is -2.25. The second-order valence-corrected chi connectivity index (χ2v) is 5.99. The lowest BCUT2D eigenvalue weighted by molar-refractivity contribution is 0.492. The fraction of sp³-hybridized carbons (Fsp3) is 0.571. The van der Waals surface area contributed by atoms with Crippen LogP contribution in [0.3, 0.4) is 0 Å². The van der Waals surface area contributed by atoms with Crippen LogP contribution < -0.4 is 10.2 Å². The average Bonchev–Trinajstić information content (AvgIpc) is 2.43. The normalized spacial score (nSPS) is 25.8. The van der Waals surface area contributed by atoms with Gasteiger partial charge in [0, 0.05) is 35.3 Å². The van der Waals surface area contributed by atoms with Gasteiger partial charge in [-0.05, 0) is 51.0 Å². The molecule has 1 N–H and O–H groups in total. The summed E-state index contributed by atoms with van der Waals surface area (Å²) in [6, 6.07) is 7.80. The molecule has 1 heterocycles. The van der Waals surface area contributed by atoms with Gasteiger partial charge in [0.15, 0.2) is 0 Å². The molecular weight excluding hydrogens is 276 g/mol. The minimum Gasteiger partial charge on any atom is -0.370 e. The second kappa shape index (κ2) is 5.40. The zero-order valence-corrected chi connectivity index (χ0v) is 12.4. The number of anilines is 1. The zero-order valence-electron chi connectivity index (χ0n) is 10.8. The summed E-state index contributed by atoms with van der Waals surface area (Å²) >= 11 is 3.56. The summed E-state index contributed by atoms with van der Waals surface area (Å²) in [5.74, 6) is 0. The van der Waals surface area contributed by atoms with E-state index < -0.39 is 0 Å². The first kappa shape index (κ1) is 12.9. The maximum atomic E-state index is 3.62. The minimum atomic E-state index is 0.552. The van der Waals surface area contributed by atoms with Crippen molar-refractivity contribution >= 4 is 21.6 Å². The predicted molar refractivity (Wildman–Crippen MR) is 77.8 cm³/mol. The van der Waals surface area contributed by atoms with E-state index >= 15 is 0 Å². The highest BCUT2D eigenvalue weighted by Crippen LogP contribution is 2.24. The Morgan fingerprint density at radius 3 is 2.76 bits per heavy atom. The van der Waals surface area contributed by atoms with Crippen molar-refractivity contribution in [3.8, 4) is 0 Å². The second-order valence-electron chi connectivity index (χ2n) is 5.14. The van der Waals surface area contributed by atoms with E-state index in [0.717, 1.165) is 13.1 Å². The van der Waals surface area contributed by atoms with Crippen LogP contribution in [0, 0.1) is 6.92 Å². The van der Waals surface area contributed by atoms with Crippen LogP contribution in [0.2, 0.25) is 0 Å². The van der Waals surface area contributed by atoms with Gasteiger partial charge in [0.25, 0.3) is 0 Å². The number of hydrogen-bond acceptors (Lipinski definition) is 2. The number of nitrogens with one attached hydrogen (secondary N) is 1. The van der Waals surface area contributed by atoms with Gasteiger partial charge in [0.1, 0.15) is 0 Å². The molecule has 1 aromatic carbocycles. The lowest BCUT2D eigenvalue weighted by atomic mass is 10.2. The Balaban J connectivity index is 2.17. The molecule has 0 radical (unpaired) electrons. The Hall–Kier alpha value is -0.540. The molecule has 0 amide bonds. The highest BCUT2D eigenvalue weighted by Gasteiger charge is 2.18. The van der Waals surface area contributed by atoms with Crippen LogP contribution in [0.5, 0.6) is 0 Å². The standard InChI is InChI=1S/C14H21BrN2/c1-10-8-13(4-5-14(10)15)17-7-6-11(2)16-12(3)9-17/h4-5,8,11-12,16H,6-7,9H2,1-3H3. The Morgan fingerprint density at radius 1 is 1.29 bits per heavy atom. The van der Waals surface area contributed by atoms with Crippen LogP contribution in [0.15, 0.2) is 22.7 Å². The van der Waals surface area contributed by atoms with Gasteiger partial charge in [-0.2, -0.15) is 0 Å². The molecule has 0 aliphatic carbocycles. The van der Waals surface area contributed by atoms with E-state index in [1.54, 1.807) is 0 Å². The predicted octanol–water partition coefficient (Wildman–Crippen LogP) is 3.33. The number of benzene rings is 1. The van der Waals surface area contributed by atoms with Crippen LogP contribution in [0.4, 0.5) is 5.69 Å². The molecule has 0 aromatic heterocycles. The van der Waals surface area contributed by atoms with Crippen molar-refractivity contribution in [2.24, 2.45) is 0 Å². The average molecular weight is 297 g/mol. The number of hydrogen-bond donors (Lipinski definition) is 1. The fourth-order valence-electron chi connectivity index (χ4n) is 2.45. The van der Waals surface area contributed by atoms with Gasteiger partial charge < -0.3 is 10.2 Å².